The van der Waals surface area contributed by atoms with Crippen LogP contribution in [0, 0.1) is 17.8 Å². The normalized spacial score (nSPS) is 30.5. The summed E-state index contributed by atoms with van der Waals surface area (Å²) in [5.41, 5.74) is 4.09. The van der Waals surface area contributed by atoms with Crippen molar-refractivity contribution in [2.24, 2.45) is 23.6 Å². The average molecular weight is 261 g/mol. The molecule has 4 atom stereocenters. The highest BCUT2D eigenvalue weighted by Gasteiger charge is 2.40. The molecule has 1 heterocycles. The van der Waals surface area contributed by atoms with E-state index in [-0.39, 0.29) is 6.04 Å². The molecule has 0 saturated heterocycles. The lowest BCUT2D eigenvalue weighted by Gasteiger charge is -2.26. The van der Waals surface area contributed by atoms with Crippen LogP contribution in [0.1, 0.15) is 43.7 Å². The smallest absolute Gasteiger partial charge is 0.137 e. The molecule has 1 aromatic heterocycles. The summed E-state index contributed by atoms with van der Waals surface area (Å²) in [6, 6.07) is 2.22. The molecule has 2 bridgehead atoms. The van der Waals surface area contributed by atoms with Gasteiger partial charge >= 0.3 is 0 Å². The van der Waals surface area contributed by atoms with Gasteiger partial charge in [-0.1, -0.05) is 6.42 Å². The van der Waals surface area contributed by atoms with Gasteiger partial charge in [0.05, 0.1) is 13.3 Å². The first-order valence-corrected chi connectivity index (χ1v) is 7.25. The molecule has 3 N–H and O–H groups in total. The van der Waals surface area contributed by atoms with Crippen LogP contribution in [0.2, 0.25) is 0 Å². The summed E-state index contributed by atoms with van der Waals surface area (Å²) in [7, 11) is 1.67. The third kappa shape index (κ3) is 2.60. The van der Waals surface area contributed by atoms with Crippen LogP contribution in [-0.2, 0) is 0 Å². The minimum atomic E-state index is 0.187. The first-order valence-electron chi connectivity index (χ1n) is 7.25. The Labute approximate surface area is 114 Å². The van der Waals surface area contributed by atoms with E-state index in [4.69, 9.17) is 10.6 Å². The number of nitrogens with two attached hydrogens (primary N) is 1. The average Bonchev–Trinajstić information content (AvgIpc) is 3.07. The third-order valence-corrected chi connectivity index (χ3v) is 5.00. The summed E-state index contributed by atoms with van der Waals surface area (Å²) in [6.07, 6.45) is 10.4. The maximum atomic E-state index is 5.75. The van der Waals surface area contributed by atoms with Crippen LogP contribution >= 0.6 is 0 Å². The Morgan fingerprint density at radius 2 is 2.32 bits per heavy atom. The number of aromatic nitrogens is 1. The number of pyridine rings is 1. The minimum Gasteiger partial charge on any atom is -0.495 e. The lowest BCUT2D eigenvalue weighted by Crippen LogP contribution is -2.30. The number of ether oxygens (including phenoxy) is 1. The molecule has 0 radical (unpaired) electrons. The SMILES string of the molecule is COc1cncc(C(CC2CC3CCC2C3)NN)c1. The van der Waals surface area contributed by atoms with Gasteiger partial charge in [0.25, 0.3) is 0 Å². The third-order valence-electron chi connectivity index (χ3n) is 5.00. The number of hydrazine groups is 1. The molecule has 3 rings (SSSR count). The fourth-order valence-electron chi connectivity index (χ4n) is 4.01. The summed E-state index contributed by atoms with van der Waals surface area (Å²) >= 11 is 0. The summed E-state index contributed by atoms with van der Waals surface area (Å²) in [4.78, 5) is 4.23. The monoisotopic (exact) mass is 261 g/mol. The van der Waals surface area contributed by atoms with Crippen LogP contribution in [0.15, 0.2) is 18.5 Å². The Kier molecular flexibility index (Phi) is 3.71. The zero-order chi connectivity index (χ0) is 13.2. The molecule has 19 heavy (non-hydrogen) atoms. The van der Waals surface area contributed by atoms with Gasteiger partial charge in [0.2, 0.25) is 0 Å². The van der Waals surface area contributed by atoms with Crippen molar-refractivity contribution in [2.45, 2.75) is 38.1 Å². The van der Waals surface area contributed by atoms with E-state index >= 15 is 0 Å². The van der Waals surface area contributed by atoms with Crippen molar-refractivity contribution in [3.8, 4) is 5.75 Å². The predicted molar refractivity (Wildman–Crippen MR) is 74.4 cm³/mol. The first kappa shape index (κ1) is 12.9. The topological polar surface area (TPSA) is 60.2 Å². The predicted octanol–water partition coefficient (Wildman–Crippen LogP) is 2.42. The summed E-state index contributed by atoms with van der Waals surface area (Å²) in [5.74, 6) is 9.29. The number of rotatable bonds is 5. The van der Waals surface area contributed by atoms with E-state index in [1.165, 1.54) is 25.7 Å². The van der Waals surface area contributed by atoms with E-state index in [1.807, 2.05) is 12.3 Å². The van der Waals surface area contributed by atoms with Gasteiger partial charge in [0.1, 0.15) is 5.75 Å². The molecule has 4 heteroatoms. The second-order valence-electron chi connectivity index (χ2n) is 6.05. The number of fused-ring (bicyclic) bond motifs is 2. The maximum absolute atomic E-state index is 5.75. The Balaban J connectivity index is 1.69. The van der Waals surface area contributed by atoms with Gasteiger partial charge in [0.15, 0.2) is 0 Å². The van der Waals surface area contributed by atoms with Crippen molar-refractivity contribution in [2.75, 3.05) is 7.11 Å². The molecule has 1 aromatic rings. The van der Waals surface area contributed by atoms with Crippen LogP contribution in [0.5, 0.6) is 5.75 Å². The molecule has 0 amide bonds. The van der Waals surface area contributed by atoms with Gasteiger partial charge in [-0.15, -0.1) is 0 Å². The minimum absolute atomic E-state index is 0.187. The lowest BCUT2D eigenvalue weighted by atomic mass is 9.83. The number of hydrogen-bond donors (Lipinski definition) is 2. The van der Waals surface area contributed by atoms with Crippen molar-refractivity contribution in [1.82, 2.24) is 10.4 Å². The fourth-order valence-corrected chi connectivity index (χ4v) is 4.01. The molecule has 0 aromatic carbocycles. The van der Waals surface area contributed by atoms with Crippen LogP contribution in [0.3, 0.4) is 0 Å². The highest BCUT2D eigenvalue weighted by molar-refractivity contribution is 5.26. The van der Waals surface area contributed by atoms with Gasteiger partial charge in [-0.3, -0.25) is 16.3 Å². The van der Waals surface area contributed by atoms with Gasteiger partial charge in [-0.25, -0.2) is 0 Å². The Bertz CT molecular complexity index is 437. The van der Waals surface area contributed by atoms with Gasteiger partial charge in [0, 0.05) is 12.2 Å². The second kappa shape index (κ2) is 5.47. The summed E-state index contributed by atoms with van der Waals surface area (Å²) in [6.45, 7) is 0. The van der Waals surface area contributed by atoms with Crippen molar-refractivity contribution in [1.29, 1.82) is 0 Å². The molecule has 2 aliphatic carbocycles. The Morgan fingerprint density at radius 3 is 2.95 bits per heavy atom. The van der Waals surface area contributed by atoms with E-state index < -0.39 is 0 Å². The molecule has 2 saturated carbocycles. The first-order chi connectivity index (χ1) is 9.30. The van der Waals surface area contributed by atoms with Crippen molar-refractivity contribution in [3.63, 3.8) is 0 Å². The van der Waals surface area contributed by atoms with E-state index in [0.29, 0.717) is 0 Å². The van der Waals surface area contributed by atoms with Crippen LogP contribution in [0.25, 0.3) is 0 Å². The van der Waals surface area contributed by atoms with E-state index in [0.717, 1.165) is 35.5 Å². The van der Waals surface area contributed by atoms with Crippen LogP contribution in [0.4, 0.5) is 0 Å². The summed E-state index contributed by atoms with van der Waals surface area (Å²) < 4.78 is 5.24. The summed E-state index contributed by atoms with van der Waals surface area (Å²) in [5, 5.41) is 0. The van der Waals surface area contributed by atoms with Gasteiger partial charge in [-0.05, 0) is 55.1 Å². The molecule has 0 spiro atoms. The van der Waals surface area contributed by atoms with E-state index in [1.54, 1.807) is 13.3 Å². The zero-order valence-corrected chi connectivity index (χ0v) is 11.5. The van der Waals surface area contributed by atoms with Crippen molar-refractivity contribution < 1.29 is 4.74 Å². The Hall–Kier alpha value is -1.13. The van der Waals surface area contributed by atoms with Crippen LogP contribution < -0.4 is 16.0 Å². The molecule has 2 aliphatic rings. The van der Waals surface area contributed by atoms with Gasteiger partial charge < -0.3 is 4.74 Å². The van der Waals surface area contributed by atoms with Crippen molar-refractivity contribution >= 4 is 0 Å². The highest BCUT2D eigenvalue weighted by Crippen LogP contribution is 2.50. The molecule has 2 fully saturated rings. The largest absolute Gasteiger partial charge is 0.495 e. The standard InChI is InChI=1S/C15H23N3O/c1-19-14-6-13(8-17-9-14)15(18-16)7-12-5-10-2-3-11(12)4-10/h6,8-12,15,18H,2-5,7,16H2,1H3. The number of nitrogens with zero attached hydrogens (tertiary/aromatic N) is 1. The lowest BCUT2D eigenvalue weighted by molar-refractivity contribution is 0.279. The Morgan fingerprint density at radius 1 is 1.42 bits per heavy atom. The molecule has 104 valence electrons. The van der Waals surface area contributed by atoms with E-state index in [2.05, 4.69) is 10.4 Å². The maximum Gasteiger partial charge on any atom is 0.137 e. The van der Waals surface area contributed by atoms with Crippen LogP contribution in [-0.4, -0.2) is 12.1 Å². The number of hydrogen-bond acceptors (Lipinski definition) is 4. The zero-order valence-electron chi connectivity index (χ0n) is 11.5. The molecular formula is C15H23N3O. The molecule has 4 unspecified atom stereocenters. The van der Waals surface area contributed by atoms with E-state index in [9.17, 15) is 0 Å². The van der Waals surface area contributed by atoms with Crippen molar-refractivity contribution in [3.05, 3.63) is 24.0 Å². The van der Waals surface area contributed by atoms with Gasteiger partial charge in [-0.2, -0.15) is 0 Å². The molecular weight excluding hydrogens is 238 g/mol. The number of methoxy groups -OCH3 is 1. The number of nitrogens with one attached hydrogen (secondary N) is 1. The second-order valence-corrected chi connectivity index (χ2v) is 6.05. The molecule has 0 aliphatic heterocycles. The fraction of sp³-hybridized carbons (Fsp3) is 0.667. The highest BCUT2D eigenvalue weighted by atomic mass is 16.5. The molecule has 4 nitrogen and oxygen atoms in total. The quantitative estimate of drug-likeness (QED) is 0.631.